The van der Waals surface area contributed by atoms with E-state index in [9.17, 15) is 0 Å². The van der Waals surface area contributed by atoms with E-state index in [1.165, 1.54) is 16.2 Å². The fraction of sp³-hybridized carbons (Fsp3) is 0.182. The lowest BCUT2D eigenvalue weighted by molar-refractivity contribution is 0.630. The zero-order valence-electron chi connectivity index (χ0n) is 14.7. The Morgan fingerprint density at radius 3 is 2.46 bits per heavy atom. The van der Waals surface area contributed by atoms with Crippen molar-refractivity contribution in [2.75, 3.05) is 6.54 Å². The maximum atomic E-state index is 6.28. The van der Waals surface area contributed by atoms with Crippen LogP contribution in [0.5, 0.6) is 0 Å². The summed E-state index contributed by atoms with van der Waals surface area (Å²) in [6.45, 7) is 7.06. The fourth-order valence-corrected chi connectivity index (χ4v) is 4.49. The SMILES string of the molecule is C=CCC1=CC(c2cccc(Cl)c2)=C(c2ccc(Cl)cc2)N(CCC)S1. The van der Waals surface area contributed by atoms with E-state index in [1.54, 1.807) is 11.9 Å². The summed E-state index contributed by atoms with van der Waals surface area (Å²) in [5, 5.41) is 1.48. The van der Waals surface area contributed by atoms with Crippen molar-refractivity contribution in [1.29, 1.82) is 0 Å². The molecular formula is C22H21Cl2NS. The molecule has 0 aliphatic carbocycles. The van der Waals surface area contributed by atoms with Crippen molar-refractivity contribution in [3.63, 3.8) is 0 Å². The van der Waals surface area contributed by atoms with Crippen LogP contribution in [0.15, 0.2) is 72.2 Å². The smallest absolute Gasteiger partial charge is 0.0624 e. The van der Waals surface area contributed by atoms with Crippen LogP contribution < -0.4 is 0 Å². The second kappa shape index (κ2) is 8.85. The van der Waals surface area contributed by atoms with Gasteiger partial charge < -0.3 is 4.31 Å². The molecule has 0 radical (unpaired) electrons. The Kier molecular flexibility index (Phi) is 6.53. The van der Waals surface area contributed by atoms with Crippen LogP contribution in [0.25, 0.3) is 11.3 Å². The Morgan fingerprint density at radius 2 is 1.81 bits per heavy atom. The predicted octanol–water partition coefficient (Wildman–Crippen LogP) is 7.70. The number of benzene rings is 2. The summed E-state index contributed by atoms with van der Waals surface area (Å²) in [5.74, 6) is 0. The molecule has 0 saturated carbocycles. The first-order valence-electron chi connectivity index (χ1n) is 8.65. The van der Waals surface area contributed by atoms with Crippen LogP contribution in [-0.4, -0.2) is 10.8 Å². The van der Waals surface area contributed by atoms with Crippen LogP contribution in [0.4, 0.5) is 0 Å². The molecule has 3 rings (SSSR count). The lowest BCUT2D eigenvalue weighted by Gasteiger charge is -2.32. The Morgan fingerprint density at radius 1 is 1.04 bits per heavy atom. The van der Waals surface area contributed by atoms with Gasteiger partial charge in [0, 0.05) is 27.1 Å². The molecule has 1 aliphatic rings. The third-order valence-electron chi connectivity index (χ3n) is 4.06. The lowest BCUT2D eigenvalue weighted by Crippen LogP contribution is -2.19. The summed E-state index contributed by atoms with van der Waals surface area (Å²) < 4.78 is 2.37. The molecule has 26 heavy (non-hydrogen) atoms. The fourth-order valence-electron chi connectivity index (χ4n) is 2.96. The number of halogens is 2. The van der Waals surface area contributed by atoms with Crippen LogP contribution in [0.2, 0.25) is 10.0 Å². The Bertz CT molecular complexity index is 853. The second-order valence-corrected chi connectivity index (χ2v) is 8.10. The standard InChI is InChI=1S/C22H21Cl2NS/c1-3-6-20-15-21(17-7-5-8-19(24)14-17)22(25(26-20)13-4-2)16-9-11-18(23)12-10-16/h3,5,7-12,14-15H,1,4,6,13H2,2H3. The van der Waals surface area contributed by atoms with Crippen LogP contribution in [0.1, 0.15) is 30.9 Å². The highest BCUT2D eigenvalue weighted by molar-refractivity contribution is 8.01. The van der Waals surface area contributed by atoms with Crippen molar-refractivity contribution in [3.05, 3.63) is 93.3 Å². The van der Waals surface area contributed by atoms with Crippen LogP contribution in [0, 0.1) is 0 Å². The first-order chi connectivity index (χ1) is 12.6. The van der Waals surface area contributed by atoms with E-state index in [0.717, 1.165) is 40.6 Å². The molecule has 0 saturated heterocycles. The van der Waals surface area contributed by atoms with Crippen molar-refractivity contribution < 1.29 is 0 Å². The topological polar surface area (TPSA) is 3.24 Å². The molecule has 0 unspecified atom stereocenters. The Labute approximate surface area is 170 Å². The molecule has 0 bridgehead atoms. The Balaban J connectivity index is 2.22. The van der Waals surface area contributed by atoms with Gasteiger partial charge in [-0.25, -0.2) is 0 Å². The van der Waals surface area contributed by atoms with Crippen LogP contribution in [0.3, 0.4) is 0 Å². The lowest BCUT2D eigenvalue weighted by atomic mass is 9.98. The number of rotatable bonds is 6. The second-order valence-electron chi connectivity index (χ2n) is 6.08. The average Bonchev–Trinajstić information content (AvgIpc) is 2.63. The van der Waals surface area contributed by atoms with Gasteiger partial charge in [0.2, 0.25) is 0 Å². The van der Waals surface area contributed by atoms with Gasteiger partial charge in [-0.2, -0.15) is 0 Å². The van der Waals surface area contributed by atoms with Gasteiger partial charge in [-0.1, -0.05) is 60.5 Å². The molecule has 1 aliphatic heterocycles. The van der Waals surface area contributed by atoms with Crippen molar-refractivity contribution in [3.8, 4) is 0 Å². The summed E-state index contributed by atoms with van der Waals surface area (Å²) >= 11 is 14.2. The highest BCUT2D eigenvalue weighted by atomic mass is 35.5. The minimum absolute atomic E-state index is 0.740. The van der Waals surface area contributed by atoms with Gasteiger partial charge in [0.15, 0.2) is 0 Å². The summed E-state index contributed by atoms with van der Waals surface area (Å²) in [4.78, 5) is 1.28. The van der Waals surface area contributed by atoms with Gasteiger partial charge >= 0.3 is 0 Å². The zero-order chi connectivity index (χ0) is 18.5. The summed E-state index contributed by atoms with van der Waals surface area (Å²) in [6, 6.07) is 16.1. The van der Waals surface area contributed by atoms with Crippen molar-refractivity contribution in [2.45, 2.75) is 19.8 Å². The molecule has 1 heterocycles. The molecular weight excluding hydrogens is 381 g/mol. The van der Waals surface area contributed by atoms with E-state index in [-0.39, 0.29) is 0 Å². The van der Waals surface area contributed by atoms with Gasteiger partial charge in [-0.05, 0) is 66.3 Å². The predicted molar refractivity (Wildman–Crippen MR) is 117 cm³/mol. The van der Waals surface area contributed by atoms with E-state index in [0.29, 0.717) is 0 Å². The van der Waals surface area contributed by atoms with Crippen LogP contribution >= 0.6 is 35.1 Å². The maximum Gasteiger partial charge on any atom is 0.0624 e. The van der Waals surface area contributed by atoms with E-state index in [1.807, 2.05) is 36.4 Å². The molecule has 0 amide bonds. The molecule has 0 fully saturated rings. The molecule has 2 aromatic carbocycles. The van der Waals surface area contributed by atoms with E-state index >= 15 is 0 Å². The monoisotopic (exact) mass is 401 g/mol. The number of hydrogen-bond acceptors (Lipinski definition) is 2. The summed E-state index contributed by atoms with van der Waals surface area (Å²) in [6.07, 6.45) is 6.12. The van der Waals surface area contributed by atoms with Gasteiger partial charge in [-0.3, -0.25) is 0 Å². The zero-order valence-corrected chi connectivity index (χ0v) is 17.0. The number of allylic oxidation sites excluding steroid dienone is 4. The maximum absolute atomic E-state index is 6.28. The number of nitrogens with zero attached hydrogens (tertiary/aromatic N) is 1. The first-order valence-corrected chi connectivity index (χ1v) is 10.2. The average molecular weight is 402 g/mol. The van der Waals surface area contributed by atoms with Crippen LogP contribution in [-0.2, 0) is 0 Å². The van der Waals surface area contributed by atoms with Gasteiger partial charge in [-0.15, -0.1) is 6.58 Å². The van der Waals surface area contributed by atoms with Crippen molar-refractivity contribution in [2.24, 2.45) is 0 Å². The third-order valence-corrected chi connectivity index (χ3v) is 5.65. The molecule has 134 valence electrons. The number of hydrogen-bond donors (Lipinski definition) is 0. The quantitative estimate of drug-likeness (QED) is 0.360. The van der Waals surface area contributed by atoms with Gasteiger partial charge in [0.25, 0.3) is 0 Å². The molecule has 4 heteroatoms. The van der Waals surface area contributed by atoms with E-state index in [2.05, 4.69) is 42.1 Å². The Hall–Kier alpha value is -1.61. The van der Waals surface area contributed by atoms with Gasteiger partial charge in [0.05, 0.1) is 5.70 Å². The molecule has 0 aromatic heterocycles. The third kappa shape index (κ3) is 4.37. The molecule has 0 atom stereocenters. The minimum atomic E-state index is 0.740. The largest absolute Gasteiger partial charge is 0.311 e. The first kappa shape index (κ1) is 19.2. The minimum Gasteiger partial charge on any atom is -0.311 e. The van der Waals surface area contributed by atoms with Crippen molar-refractivity contribution >= 4 is 46.4 Å². The van der Waals surface area contributed by atoms with E-state index in [4.69, 9.17) is 23.2 Å². The summed E-state index contributed by atoms with van der Waals surface area (Å²) in [7, 11) is 0. The highest BCUT2D eigenvalue weighted by Gasteiger charge is 2.23. The van der Waals surface area contributed by atoms with Gasteiger partial charge in [0.1, 0.15) is 0 Å². The molecule has 1 nitrogen and oxygen atoms in total. The molecule has 2 aromatic rings. The molecule has 0 N–H and O–H groups in total. The highest BCUT2D eigenvalue weighted by Crippen LogP contribution is 2.44. The summed E-state index contributed by atoms with van der Waals surface area (Å²) in [5.41, 5.74) is 4.65. The van der Waals surface area contributed by atoms with E-state index < -0.39 is 0 Å². The normalized spacial score (nSPS) is 14.4. The van der Waals surface area contributed by atoms with Crippen molar-refractivity contribution in [1.82, 2.24) is 4.31 Å². The molecule has 0 spiro atoms.